The van der Waals surface area contributed by atoms with Gasteiger partial charge >= 0.3 is 18.3 Å². The van der Waals surface area contributed by atoms with Crippen LogP contribution in [0.2, 0.25) is 0 Å². The van der Waals surface area contributed by atoms with Gasteiger partial charge in [-0.25, -0.2) is 9.59 Å². The molecule has 0 radical (unpaired) electrons. The Morgan fingerprint density at radius 2 is 1.81 bits per heavy atom. The lowest BCUT2D eigenvalue weighted by Crippen LogP contribution is -2.52. The molecule has 3 rings (SSSR count). The highest BCUT2D eigenvalue weighted by Gasteiger charge is 2.35. The van der Waals surface area contributed by atoms with E-state index in [1.54, 1.807) is 16.7 Å². The molecule has 0 bridgehead atoms. The van der Waals surface area contributed by atoms with E-state index in [4.69, 9.17) is 9.47 Å². The minimum absolute atomic E-state index is 0.117. The van der Waals surface area contributed by atoms with Gasteiger partial charge in [0.1, 0.15) is 0 Å². The van der Waals surface area contributed by atoms with E-state index in [-0.39, 0.29) is 24.5 Å². The number of nitrogens with zero attached hydrogens (tertiary/aromatic N) is 2. The fourth-order valence-electron chi connectivity index (χ4n) is 4.01. The number of alkyl halides is 3. The van der Waals surface area contributed by atoms with Crippen LogP contribution in [0.25, 0.3) is 0 Å². The maximum atomic E-state index is 13.0. The summed E-state index contributed by atoms with van der Waals surface area (Å²) in [6.07, 6.45) is -4.31. The topological polar surface area (TPSA) is 71.1 Å². The lowest BCUT2D eigenvalue weighted by Gasteiger charge is -2.41. The molecule has 2 atom stereocenters. The van der Waals surface area contributed by atoms with E-state index in [1.165, 1.54) is 12.1 Å². The first-order valence-electron chi connectivity index (χ1n) is 10.5. The van der Waals surface area contributed by atoms with Gasteiger partial charge in [0.25, 0.3) is 0 Å². The molecule has 2 unspecified atom stereocenters. The SMILES string of the molecule is CCNC(=O)OCC1CC(c2ccc(C(F)(F)F)cc2)CN(C(=O)N2CCOCC2)C1. The van der Waals surface area contributed by atoms with Crippen molar-refractivity contribution in [1.82, 2.24) is 15.1 Å². The zero-order valence-corrected chi connectivity index (χ0v) is 17.5. The van der Waals surface area contributed by atoms with Crippen LogP contribution >= 0.6 is 0 Å². The Bertz CT molecular complexity index is 751. The Balaban J connectivity index is 1.73. The van der Waals surface area contributed by atoms with E-state index in [9.17, 15) is 22.8 Å². The van der Waals surface area contributed by atoms with Crippen molar-refractivity contribution in [3.63, 3.8) is 0 Å². The number of morpholine rings is 1. The van der Waals surface area contributed by atoms with Gasteiger partial charge in [-0.05, 0) is 31.0 Å². The minimum atomic E-state index is -4.40. The lowest BCUT2D eigenvalue weighted by molar-refractivity contribution is -0.137. The number of halogens is 3. The number of piperidine rings is 1. The van der Waals surface area contributed by atoms with Crippen LogP contribution in [0.15, 0.2) is 24.3 Å². The number of amides is 3. The molecule has 7 nitrogen and oxygen atoms in total. The van der Waals surface area contributed by atoms with Gasteiger partial charge in [0.2, 0.25) is 0 Å². The monoisotopic (exact) mass is 443 g/mol. The van der Waals surface area contributed by atoms with Crippen molar-refractivity contribution in [2.75, 3.05) is 52.5 Å². The average molecular weight is 443 g/mol. The Morgan fingerprint density at radius 1 is 1.13 bits per heavy atom. The summed E-state index contributed by atoms with van der Waals surface area (Å²) in [6.45, 7) is 5.14. The molecule has 0 aromatic heterocycles. The third-order valence-corrected chi connectivity index (χ3v) is 5.57. The Morgan fingerprint density at radius 3 is 2.42 bits per heavy atom. The van der Waals surface area contributed by atoms with Crippen molar-refractivity contribution in [3.8, 4) is 0 Å². The van der Waals surface area contributed by atoms with E-state index in [0.29, 0.717) is 52.4 Å². The molecular weight excluding hydrogens is 415 g/mol. The van der Waals surface area contributed by atoms with E-state index >= 15 is 0 Å². The molecule has 1 N–H and O–H groups in total. The molecule has 0 aliphatic carbocycles. The predicted molar refractivity (Wildman–Crippen MR) is 107 cm³/mol. The van der Waals surface area contributed by atoms with Crippen LogP contribution in [0.3, 0.4) is 0 Å². The molecule has 31 heavy (non-hydrogen) atoms. The van der Waals surface area contributed by atoms with Gasteiger partial charge in [-0.2, -0.15) is 13.2 Å². The van der Waals surface area contributed by atoms with Crippen molar-refractivity contribution in [3.05, 3.63) is 35.4 Å². The number of likely N-dealkylation sites (tertiary alicyclic amines) is 1. The number of nitrogens with one attached hydrogen (secondary N) is 1. The highest BCUT2D eigenvalue weighted by molar-refractivity contribution is 5.75. The van der Waals surface area contributed by atoms with Crippen molar-refractivity contribution >= 4 is 12.1 Å². The molecule has 3 amide bonds. The zero-order valence-electron chi connectivity index (χ0n) is 17.5. The van der Waals surface area contributed by atoms with Gasteiger partial charge in [-0.15, -0.1) is 0 Å². The number of rotatable bonds is 4. The van der Waals surface area contributed by atoms with Crippen LogP contribution in [0, 0.1) is 5.92 Å². The van der Waals surface area contributed by atoms with Crippen LogP contribution < -0.4 is 5.32 Å². The summed E-state index contributed by atoms with van der Waals surface area (Å²) in [4.78, 5) is 28.2. The van der Waals surface area contributed by atoms with Crippen molar-refractivity contribution < 1.29 is 32.2 Å². The smallest absolute Gasteiger partial charge is 0.416 e. The molecule has 2 fully saturated rings. The van der Waals surface area contributed by atoms with E-state index in [0.717, 1.165) is 17.7 Å². The zero-order chi connectivity index (χ0) is 22.4. The van der Waals surface area contributed by atoms with Crippen LogP contribution in [0.4, 0.5) is 22.8 Å². The number of carbonyl (C=O) groups excluding carboxylic acids is 2. The summed E-state index contributed by atoms with van der Waals surface area (Å²) in [7, 11) is 0. The van der Waals surface area contributed by atoms with Gasteiger partial charge in [0, 0.05) is 44.6 Å². The third kappa shape index (κ3) is 6.25. The second kappa shape index (κ2) is 10.2. The summed E-state index contributed by atoms with van der Waals surface area (Å²) >= 11 is 0. The molecule has 2 saturated heterocycles. The van der Waals surface area contributed by atoms with Crippen molar-refractivity contribution in [2.45, 2.75) is 25.4 Å². The Kier molecular flexibility index (Phi) is 7.64. The number of ether oxygens (including phenoxy) is 2. The second-order valence-electron chi connectivity index (χ2n) is 7.83. The maximum absolute atomic E-state index is 13.0. The van der Waals surface area contributed by atoms with Gasteiger partial charge in [0.15, 0.2) is 0 Å². The average Bonchev–Trinajstić information content (AvgIpc) is 2.77. The summed E-state index contributed by atoms with van der Waals surface area (Å²) in [6, 6.07) is 4.95. The molecule has 2 aliphatic rings. The number of alkyl carbamates (subject to hydrolysis) is 1. The first-order valence-corrected chi connectivity index (χ1v) is 10.5. The summed E-state index contributed by atoms with van der Waals surface area (Å²) in [5.41, 5.74) is 0.0277. The fraction of sp³-hybridized carbons (Fsp3) is 0.619. The van der Waals surface area contributed by atoms with Crippen molar-refractivity contribution in [2.24, 2.45) is 5.92 Å². The number of carbonyl (C=O) groups is 2. The number of hydrogen-bond donors (Lipinski definition) is 1. The number of urea groups is 1. The van der Waals surface area contributed by atoms with Crippen LogP contribution in [-0.2, 0) is 15.7 Å². The number of benzene rings is 1. The highest BCUT2D eigenvalue weighted by atomic mass is 19.4. The summed E-state index contributed by atoms with van der Waals surface area (Å²) in [5, 5.41) is 2.56. The fourth-order valence-corrected chi connectivity index (χ4v) is 4.01. The van der Waals surface area contributed by atoms with Crippen LogP contribution in [0.5, 0.6) is 0 Å². The molecule has 1 aromatic carbocycles. The Labute approximate surface area is 179 Å². The largest absolute Gasteiger partial charge is 0.449 e. The molecule has 0 spiro atoms. The quantitative estimate of drug-likeness (QED) is 0.775. The maximum Gasteiger partial charge on any atom is 0.416 e. The van der Waals surface area contributed by atoms with E-state index in [1.807, 2.05) is 0 Å². The van der Waals surface area contributed by atoms with Gasteiger partial charge < -0.3 is 24.6 Å². The lowest BCUT2D eigenvalue weighted by atomic mass is 9.84. The molecule has 10 heteroatoms. The molecule has 172 valence electrons. The predicted octanol–water partition coefficient (Wildman–Crippen LogP) is 3.31. The molecule has 2 aliphatic heterocycles. The molecule has 1 aromatic rings. The standard InChI is InChI=1S/C21H28F3N3O4/c1-2-25-19(28)31-14-15-11-17(16-3-5-18(6-4-16)21(22,23)24)13-27(12-15)20(29)26-7-9-30-10-8-26/h3-6,15,17H,2,7-14H2,1H3,(H,25,28). The minimum Gasteiger partial charge on any atom is -0.449 e. The van der Waals surface area contributed by atoms with E-state index < -0.39 is 17.8 Å². The molecular formula is C21H28F3N3O4. The Hall–Kier alpha value is -2.49. The van der Waals surface area contributed by atoms with E-state index in [2.05, 4.69) is 5.32 Å². The van der Waals surface area contributed by atoms with Gasteiger partial charge in [-0.1, -0.05) is 12.1 Å². The highest BCUT2D eigenvalue weighted by Crippen LogP contribution is 2.34. The van der Waals surface area contributed by atoms with Crippen LogP contribution in [0.1, 0.15) is 30.4 Å². The third-order valence-electron chi connectivity index (χ3n) is 5.57. The van der Waals surface area contributed by atoms with Crippen molar-refractivity contribution in [1.29, 1.82) is 0 Å². The molecule has 2 heterocycles. The van der Waals surface area contributed by atoms with Crippen LogP contribution in [-0.4, -0.2) is 74.5 Å². The first-order chi connectivity index (χ1) is 14.8. The normalized spacial score (nSPS) is 22.2. The summed E-state index contributed by atoms with van der Waals surface area (Å²) in [5.74, 6) is -0.266. The number of hydrogen-bond acceptors (Lipinski definition) is 4. The van der Waals surface area contributed by atoms with Gasteiger partial charge in [0.05, 0.1) is 25.4 Å². The second-order valence-corrected chi connectivity index (χ2v) is 7.83. The first kappa shape index (κ1) is 23.2. The van der Waals surface area contributed by atoms with Gasteiger partial charge in [-0.3, -0.25) is 0 Å². The summed E-state index contributed by atoms with van der Waals surface area (Å²) < 4.78 is 49.3. The molecule has 0 saturated carbocycles.